The summed E-state index contributed by atoms with van der Waals surface area (Å²) in [6.07, 6.45) is 7.28. The van der Waals surface area contributed by atoms with Gasteiger partial charge in [-0.1, -0.05) is 67.4 Å². The first-order valence-corrected chi connectivity index (χ1v) is 10.1. The molecule has 0 spiro atoms. The summed E-state index contributed by atoms with van der Waals surface area (Å²) >= 11 is 17.6. The third-order valence-electron chi connectivity index (χ3n) is 3.67. The van der Waals surface area contributed by atoms with E-state index in [1.165, 1.54) is 12.1 Å². The Labute approximate surface area is 170 Å². The molecule has 146 valence electrons. The molecule has 0 fully saturated rings. The Kier molecular flexibility index (Phi) is 11.7. The Bertz CT molecular complexity index is 567. The monoisotopic (exact) mass is 422 g/mol. The van der Waals surface area contributed by atoms with Gasteiger partial charge in [-0.2, -0.15) is 0 Å². The normalized spacial score (nSPS) is 10.6. The zero-order valence-corrected chi connectivity index (χ0v) is 17.3. The number of rotatable bonds is 12. The number of benzene rings is 1. The van der Waals surface area contributed by atoms with Gasteiger partial charge in [-0.25, -0.2) is 0 Å². The minimum Gasteiger partial charge on any atom is -0.466 e. The summed E-state index contributed by atoms with van der Waals surface area (Å²) in [5, 5.41) is 0.743. The smallest absolute Gasteiger partial charge is 0.311 e. The van der Waals surface area contributed by atoms with Gasteiger partial charge < -0.3 is 9.47 Å². The van der Waals surface area contributed by atoms with Gasteiger partial charge in [-0.05, 0) is 19.3 Å². The summed E-state index contributed by atoms with van der Waals surface area (Å²) in [5.41, 5.74) is 0. The molecule has 0 aliphatic rings. The lowest BCUT2D eigenvalue weighted by Crippen LogP contribution is -2.07. The van der Waals surface area contributed by atoms with Gasteiger partial charge in [0.1, 0.15) is 5.75 Å². The van der Waals surface area contributed by atoms with Crippen LogP contribution in [-0.4, -0.2) is 18.5 Å². The molecule has 0 aliphatic carbocycles. The Morgan fingerprint density at radius 3 is 1.88 bits per heavy atom. The molecule has 0 aliphatic heterocycles. The molecule has 1 rings (SSSR count). The van der Waals surface area contributed by atoms with Crippen LogP contribution in [0.4, 0.5) is 0 Å². The minimum absolute atomic E-state index is 0.114. The van der Waals surface area contributed by atoms with E-state index < -0.39 is 0 Å². The van der Waals surface area contributed by atoms with Crippen LogP contribution in [-0.2, 0) is 14.3 Å². The highest BCUT2D eigenvalue weighted by Gasteiger charge is 2.10. The fourth-order valence-corrected chi connectivity index (χ4v) is 2.88. The second kappa shape index (κ2) is 13.2. The summed E-state index contributed by atoms with van der Waals surface area (Å²) < 4.78 is 10.2. The van der Waals surface area contributed by atoms with Crippen molar-refractivity contribution in [3.63, 3.8) is 0 Å². The molecule has 0 atom stereocenters. The maximum Gasteiger partial charge on any atom is 0.311 e. The average Bonchev–Trinajstić information content (AvgIpc) is 2.60. The van der Waals surface area contributed by atoms with Gasteiger partial charge in [0.15, 0.2) is 0 Å². The van der Waals surface area contributed by atoms with E-state index >= 15 is 0 Å². The molecule has 0 saturated heterocycles. The van der Waals surface area contributed by atoms with Crippen LogP contribution in [0.5, 0.6) is 5.75 Å². The average molecular weight is 424 g/mol. The highest BCUT2D eigenvalue weighted by molar-refractivity contribution is 6.48. The van der Waals surface area contributed by atoms with E-state index in [4.69, 9.17) is 44.3 Å². The first-order chi connectivity index (χ1) is 12.4. The van der Waals surface area contributed by atoms with Crippen LogP contribution in [0.25, 0.3) is 0 Å². The number of hydrogen-bond donors (Lipinski definition) is 0. The van der Waals surface area contributed by atoms with E-state index in [1.807, 2.05) is 6.92 Å². The van der Waals surface area contributed by atoms with Crippen LogP contribution in [0.15, 0.2) is 12.1 Å². The van der Waals surface area contributed by atoms with E-state index in [9.17, 15) is 9.59 Å². The van der Waals surface area contributed by atoms with E-state index in [0.717, 1.165) is 44.9 Å². The lowest BCUT2D eigenvalue weighted by molar-refractivity contribution is -0.143. The highest BCUT2D eigenvalue weighted by Crippen LogP contribution is 2.34. The first-order valence-electron chi connectivity index (χ1n) is 8.95. The Morgan fingerprint density at radius 2 is 1.35 bits per heavy atom. The summed E-state index contributed by atoms with van der Waals surface area (Å²) in [6, 6.07) is 2.94. The minimum atomic E-state index is -0.321. The number of halogens is 3. The molecular formula is C19H25Cl3O4. The van der Waals surface area contributed by atoms with Crippen LogP contribution in [0.3, 0.4) is 0 Å². The van der Waals surface area contributed by atoms with E-state index in [-0.39, 0.29) is 27.0 Å². The maximum atomic E-state index is 11.8. The summed E-state index contributed by atoms with van der Waals surface area (Å²) in [6.45, 7) is 2.48. The van der Waals surface area contributed by atoms with Crippen LogP contribution in [0, 0.1) is 0 Å². The van der Waals surface area contributed by atoms with E-state index in [1.54, 1.807) is 0 Å². The third-order valence-corrected chi connectivity index (χ3v) is 4.86. The maximum absolute atomic E-state index is 11.8. The van der Waals surface area contributed by atoms with Crippen molar-refractivity contribution in [2.45, 2.75) is 64.7 Å². The van der Waals surface area contributed by atoms with Gasteiger partial charge in [0.05, 0.1) is 21.7 Å². The topological polar surface area (TPSA) is 52.6 Å². The lowest BCUT2D eigenvalue weighted by atomic mass is 10.1. The molecule has 26 heavy (non-hydrogen) atoms. The van der Waals surface area contributed by atoms with Crippen molar-refractivity contribution in [3.8, 4) is 5.75 Å². The van der Waals surface area contributed by atoms with E-state index in [0.29, 0.717) is 25.2 Å². The molecule has 7 heteroatoms. The number of esters is 2. The van der Waals surface area contributed by atoms with Crippen molar-refractivity contribution in [2.24, 2.45) is 0 Å². The van der Waals surface area contributed by atoms with Crippen LogP contribution < -0.4 is 4.74 Å². The predicted molar refractivity (Wildman–Crippen MR) is 105 cm³/mol. The molecule has 0 saturated carbocycles. The summed E-state index contributed by atoms with van der Waals surface area (Å²) in [5.74, 6) is -0.139. The van der Waals surface area contributed by atoms with Gasteiger partial charge >= 0.3 is 11.9 Å². The van der Waals surface area contributed by atoms with Crippen molar-refractivity contribution in [1.82, 2.24) is 0 Å². The summed E-state index contributed by atoms with van der Waals surface area (Å²) in [4.78, 5) is 23.1. The second-order valence-corrected chi connectivity index (χ2v) is 7.21. The third kappa shape index (κ3) is 9.65. The zero-order chi connectivity index (χ0) is 19.4. The van der Waals surface area contributed by atoms with Crippen molar-refractivity contribution < 1.29 is 19.1 Å². The molecule has 0 radical (unpaired) electrons. The fraction of sp³-hybridized carbons (Fsp3) is 0.579. The van der Waals surface area contributed by atoms with Crippen molar-refractivity contribution in [2.75, 3.05) is 6.61 Å². The first kappa shape index (κ1) is 23.1. The van der Waals surface area contributed by atoms with Crippen molar-refractivity contribution in [3.05, 3.63) is 27.2 Å². The SMILES string of the molecule is CCCOC(=O)CCCCCCCCC(=O)Oc1cc(Cl)c(Cl)c(Cl)c1. The Morgan fingerprint density at radius 1 is 0.846 bits per heavy atom. The molecule has 1 aromatic rings. The standard InChI is InChI=1S/C19H25Cl3O4/c1-2-11-25-17(23)9-7-5-3-4-6-8-10-18(24)26-14-12-15(20)19(22)16(21)13-14/h12-13H,2-11H2,1H3. The molecule has 0 amide bonds. The number of hydrogen-bond acceptors (Lipinski definition) is 4. The van der Waals surface area contributed by atoms with Crippen LogP contribution in [0.2, 0.25) is 15.1 Å². The number of ether oxygens (including phenoxy) is 2. The molecule has 4 nitrogen and oxygen atoms in total. The fourth-order valence-electron chi connectivity index (χ4n) is 2.31. The quantitative estimate of drug-likeness (QED) is 0.164. The van der Waals surface area contributed by atoms with Crippen LogP contribution >= 0.6 is 34.8 Å². The predicted octanol–water partition coefficient (Wildman–Crippen LogP) is 6.63. The largest absolute Gasteiger partial charge is 0.466 e. The molecular weight excluding hydrogens is 399 g/mol. The Balaban J connectivity index is 2.07. The second-order valence-electron chi connectivity index (χ2n) is 6.02. The number of carbonyl (C=O) groups is 2. The summed E-state index contributed by atoms with van der Waals surface area (Å²) in [7, 11) is 0. The Hall–Kier alpha value is -0.970. The molecule has 0 aromatic heterocycles. The molecule has 0 heterocycles. The van der Waals surface area contributed by atoms with Gasteiger partial charge in [0.2, 0.25) is 0 Å². The van der Waals surface area contributed by atoms with Crippen molar-refractivity contribution >= 4 is 46.7 Å². The van der Waals surface area contributed by atoms with E-state index in [2.05, 4.69) is 0 Å². The molecule has 1 aromatic carbocycles. The molecule has 0 unspecified atom stereocenters. The number of unbranched alkanes of at least 4 members (excludes halogenated alkanes) is 5. The van der Waals surface area contributed by atoms with Gasteiger partial charge in [0.25, 0.3) is 0 Å². The zero-order valence-electron chi connectivity index (χ0n) is 15.0. The van der Waals surface area contributed by atoms with Crippen LogP contribution in [0.1, 0.15) is 64.7 Å². The highest BCUT2D eigenvalue weighted by atomic mass is 35.5. The molecule has 0 N–H and O–H groups in total. The van der Waals surface area contributed by atoms with Gasteiger partial charge in [0, 0.05) is 25.0 Å². The van der Waals surface area contributed by atoms with Gasteiger partial charge in [-0.15, -0.1) is 0 Å². The lowest BCUT2D eigenvalue weighted by Gasteiger charge is -2.07. The van der Waals surface area contributed by atoms with Gasteiger partial charge in [-0.3, -0.25) is 9.59 Å². The molecule has 0 bridgehead atoms. The number of carbonyl (C=O) groups excluding carboxylic acids is 2. The van der Waals surface area contributed by atoms with Crippen molar-refractivity contribution in [1.29, 1.82) is 0 Å².